The van der Waals surface area contributed by atoms with Gasteiger partial charge in [0.05, 0.1) is 11.5 Å². The molecule has 1 aliphatic heterocycles. The maximum atomic E-state index is 5.95. The van der Waals surface area contributed by atoms with Crippen molar-refractivity contribution in [3.8, 4) is 22.6 Å². The number of hydrogen-bond donors (Lipinski definition) is 0. The van der Waals surface area contributed by atoms with Gasteiger partial charge in [0.2, 0.25) is 0 Å². The fourth-order valence-electron chi connectivity index (χ4n) is 3.34. The van der Waals surface area contributed by atoms with E-state index in [1.165, 1.54) is 21.5 Å². The zero-order valence-electron chi connectivity index (χ0n) is 13.3. The minimum atomic E-state index is -0.553. The van der Waals surface area contributed by atoms with E-state index in [1.54, 1.807) is 0 Å². The van der Waals surface area contributed by atoms with Gasteiger partial charge in [-0.05, 0) is 33.7 Å². The Morgan fingerprint density at radius 3 is 1.50 bits per heavy atom. The molecule has 0 fully saturated rings. The third-order valence-electron chi connectivity index (χ3n) is 4.38. The van der Waals surface area contributed by atoms with Gasteiger partial charge >= 0.3 is 34.7 Å². The number of benzene rings is 4. The molecule has 0 atom stereocenters. The zero-order valence-corrected chi connectivity index (χ0v) is 14.5. The van der Waals surface area contributed by atoms with Crippen LogP contribution in [0.4, 0.5) is 0 Å². The largest absolute Gasteiger partial charge is 1.00 e. The summed E-state index contributed by atoms with van der Waals surface area (Å²) in [5.74, 6) is 1.82. The third kappa shape index (κ3) is 2.34. The molecule has 0 saturated heterocycles. The van der Waals surface area contributed by atoms with Crippen LogP contribution in [0.3, 0.4) is 0 Å². The molecule has 0 saturated carbocycles. The van der Waals surface area contributed by atoms with Crippen LogP contribution in [-0.4, -0.2) is 15.9 Å². The summed E-state index contributed by atoms with van der Waals surface area (Å²) < 4.78 is 11.9. The fraction of sp³-hybridized carbons (Fsp3) is 0. The van der Waals surface area contributed by atoms with E-state index in [4.69, 9.17) is 7.58 Å². The Morgan fingerprint density at radius 2 is 1.00 bits per heavy atom. The third-order valence-corrected chi connectivity index (χ3v) is 5.08. The molecule has 5 rings (SSSR count). The second-order valence-electron chi connectivity index (χ2n) is 5.65. The first-order chi connectivity index (χ1) is 11.4. The SMILES string of the molecule is [Li+].c1ccc2c3c(ccc2c1)[O][Al-][O]c1ccc2ccccc2c1-3. The van der Waals surface area contributed by atoms with Crippen molar-refractivity contribution in [2.75, 3.05) is 0 Å². The summed E-state index contributed by atoms with van der Waals surface area (Å²) in [6, 6.07) is 25.2. The van der Waals surface area contributed by atoms with Gasteiger partial charge in [-0.2, -0.15) is 0 Å². The summed E-state index contributed by atoms with van der Waals surface area (Å²) in [5, 5.41) is 4.83. The molecule has 1 aliphatic rings. The average molecular weight is 318 g/mol. The number of rotatable bonds is 0. The Labute approximate surface area is 159 Å². The molecule has 4 heteroatoms. The molecule has 0 N–H and O–H groups in total. The van der Waals surface area contributed by atoms with Crippen molar-refractivity contribution in [2.24, 2.45) is 0 Å². The van der Waals surface area contributed by atoms with Crippen LogP contribution in [0, 0.1) is 0 Å². The molecule has 0 bridgehead atoms. The minimum Gasteiger partial charge on any atom is -0.806 e. The molecule has 0 unspecified atom stereocenters. The smallest absolute Gasteiger partial charge is 0.806 e. The van der Waals surface area contributed by atoms with E-state index in [2.05, 4.69) is 72.8 Å². The monoisotopic (exact) mass is 318 g/mol. The van der Waals surface area contributed by atoms with Crippen molar-refractivity contribution in [2.45, 2.75) is 0 Å². The molecule has 0 aliphatic carbocycles. The van der Waals surface area contributed by atoms with Crippen molar-refractivity contribution >= 4 is 37.4 Å². The number of fused-ring (bicyclic) bond motifs is 7. The van der Waals surface area contributed by atoms with Crippen molar-refractivity contribution < 1.29 is 26.4 Å². The van der Waals surface area contributed by atoms with E-state index in [0.717, 1.165) is 22.6 Å². The Bertz CT molecular complexity index is 977. The second kappa shape index (κ2) is 6.21. The first kappa shape index (κ1) is 15.6. The molecule has 108 valence electrons. The van der Waals surface area contributed by atoms with Gasteiger partial charge in [-0.15, -0.1) is 0 Å². The standard InChI is InChI=1S/C20H14O2.Al.Li/c21-17-11-9-13-5-1-3-7-15(13)19(17)20-16-8-4-2-6-14(16)10-12-18(20)22;;/h1-12,21-22H;;/q;2*+1/p-2. The maximum Gasteiger partial charge on any atom is 1.00 e. The quantitative estimate of drug-likeness (QED) is 0.462. The van der Waals surface area contributed by atoms with E-state index in [0.29, 0.717) is 0 Å². The van der Waals surface area contributed by atoms with Gasteiger partial charge in [0.25, 0.3) is 0 Å². The van der Waals surface area contributed by atoms with Crippen LogP contribution in [0.25, 0.3) is 32.7 Å². The van der Waals surface area contributed by atoms with Crippen LogP contribution in [0.2, 0.25) is 0 Å². The van der Waals surface area contributed by atoms with Gasteiger partial charge in [-0.1, -0.05) is 60.7 Å². The van der Waals surface area contributed by atoms with Gasteiger partial charge in [-0.25, -0.2) is 0 Å². The van der Waals surface area contributed by atoms with Crippen LogP contribution in [0.1, 0.15) is 0 Å². The molecule has 4 aromatic carbocycles. The zero-order chi connectivity index (χ0) is 15.2. The normalized spacial score (nSPS) is 12.3. The Balaban J connectivity index is 0.00000146. The Morgan fingerprint density at radius 1 is 0.542 bits per heavy atom. The van der Waals surface area contributed by atoms with Crippen LogP contribution < -0.4 is 26.4 Å². The van der Waals surface area contributed by atoms with E-state index < -0.39 is 15.9 Å². The molecule has 2 nitrogen and oxygen atoms in total. The summed E-state index contributed by atoms with van der Waals surface area (Å²) >= 11 is -0.553. The predicted molar refractivity (Wildman–Crippen MR) is 93.9 cm³/mol. The van der Waals surface area contributed by atoms with E-state index in [-0.39, 0.29) is 18.9 Å². The Kier molecular flexibility index (Phi) is 4.05. The summed E-state index contributed by atoms with van der Waals surface area (Å²) in [6.07, 6.45) is 0. The van der Waals surface area contributed by atoms with Crippen molar-refractivity contribution in [3.63, 3.8) is 0 Å². The topological polar surface area (TPSA) is 18.5 Å². The van der Waals surface area contributed by atoms with E-state index in [1.807, 2.05) is 0 Å². The van der Waals surface area contributed by atoms with Crippen molar-refractivity contribution in [1.29, 1.82) is 0 Å². The summed E-state index contributed by atoms with van der Waals surface area (Å²) in [5.41, 5.74) is 2.28. The van der Waals surface area contributed by atoms with Gasteiger partial charge in [0.15, 0.2) is 0 Å². The van der Waals surface area contributed by atoms with Crippen LogP contribution in [0.5, 0.6) is 11.5 Å². The molecule has 0 amide bonds. The molecule has 0 aromatic heterocycles. The molecule has 2 radical (unpaired) electrons. The van der Waals surface area contributed by atoms with Crippen LogP contribution in [-0.2, 0) is 0 Å². The van der Waals surface area contributed by atoms with E-state index >= 15 is 0 Å². The van der Waals surface area contributed by atoms with Gasteiger partial charge in [0, 0.05) is 11.1 Å². The molecular weight excluding hydrogens is 306 g/mol. The van der Waals surface area contributed by atoms with Crippen molar-refractivity contribution in [3.05, 3.63) is 72.8 Å². The maximum absolute atomic E-state index is 5.95. The van der Waals surface area contributed by atoms with Gasteiger partial charge in [0.1, 0.15) is 0 Å². The Hall–Kier alpha value is -1.87. The summed E-state index contributed by atoms with van der Waals surface area (Å²) in [7, 11) is 0. The predicted octanol–water partition coefficient (Wildman–Crippen LogP) is 1.97. The van der Waals surface area contributed by atoms with Crippen LogP contribution >= 0.6 is 0 Å². The van der Waals surface area contributed by atoms with Gasteiger partial charge < -0.3 is 7.58 Å². The van der Waals surface area contributed by atoms with Crippen LogP contribution in [0.15, 0.2) is 72.8 Å². The molecule has 0 spiro atoms. The molecule has 1 heterocycles. The second-order valence-corrected chi connectivity index (χ2v) is 6.32. The average Bonchev–Trinajstić information content (AvgIpc) is 2.81. The molecule has 4 aromatic rings. The number of hydrogen-bond acceptors (Lipinski definition) is 2. The molecule has 24 heavy (non-hydrogen) atoms. The van der Waals surface area contributed by atoms with Gasteiger partial charge in [-0.3, -0.25) is 0 Å². The first-order valence-corrected chi connectivity index (χ1v) is 8.55. The fourth-order valence-corrected chi connectivity index (χ4v) is 3.99. The van der Waals surface area contributed by atoms with Crippen molar-refractivity contribution in [1.82, 2.24) is 0 Å². The first-order valence-electron chi connectivity index (χ1n) is 7.61. The summed E-state index contributed by atoms with van der Waals surface area (Å²) in [4.78, 5) is 0. The van der Waals surface area contributed by atoms with E-state index in [9.17, 15) is 0 Å². The minimum absolute atomic E-state index is 0. The molecular formula is C20H12AlLiO2. The summed E-state index contributed by atoms with van der Waals surface area (Å²) in [6.45, 7) is 0.